The first-order valence-electron chi connectivity index (χ1n) is 3.77. The lowest BCUT2D eigenvalue weighted by Crippen LogP contribution is -2.21. The molecule has 0 aromatic heterocycles. The van der Waals surface area contributed by atoms with E-state index in [1.165, 1.54) is 6.08 Å². The number of alkyl halides is 1. The molecule has 2 nitrogen and oxygen atoms in total. The Balaban J connectivity index is 3.01. The van der Waals surface area contributed by atoms with E-state index in [1.54, 1.807) is 0 Å². The number of rotatable bonds is 6. The van der Waals surface area contributed by atoms with Gasteiger partial charge >= 0.3 is 0 Å². The van der Waals surface area contributed by atoms with Crippen LogP contribution >= 0.6 is 11.6 Å². The van der Waals surface area contributed by atoms with Crippen LogP contribution in [0.2, 0.25) is 0 Å². The SMILES string of the molecule is C=CC(=O)NCCCCCCl. The van der Waals surface area contributed by atoms with Crippen LogP contribution in [-0.4, -0.2) is 18.3 Å². The Kier molecular flexibility index (Phi) is 7.26. The molecule has 0 saturated heterocycles. The summed E-state index contributed by atoms with van der Waals surface area (Å²) >= 11 is 5.47. The summed E-state index contributed by atoms with van der Waals surface area (Å²) in [5.41, 5.74) is 0. The molecule has 3 heteroatoms. The van der Waals surface area contributed by atoms with Gasteiger partial charge in [-0.05, 0) is 18.9 Å². The fraction of sp³-hybridized carbons (Fsp3) is 0.625. The second-order valence-corrected chi connectivity index (χ2v) is 2.62. The number of unbranched alkanes of at least 4 members (excludes halogenated alkanes) is 2. The van der Waals surface area contributed by atoms with Gasteiger partial charge in [0.15, 0.2) is 0 Å². The first-order valence-corrected chi connectivity index (χ1v) is 4.31. The van der Waals surface area contributed by atoms with E-state index >= 15 is 0 Å². The number of carbonyl (C=O) groups excluding carboxylic acids is 1. The van der Waals surface area contributed by atoms with Crippen molar-refractivity contribution >= 4 is 17.5 Å². The summed E-state index contributed by atoms with van der Waals surface area (Å²) in [5, 5.41) is 2.69. The minimum Gasteiger partial charge on any atom is -0.353 e. The van der Waals surface area contributed by atoms with Crippen molar-refractivity contribution in [2.45, 2.75) is 19.3 Å². The van der Waals surface area contributed by atoms with Crippen molar-refractivity contribution in [1.29, 1.82) is 0 Å². The van der Waals surface area contributed by atoms with Gasteiger partial charge in [-0.2, -0.15) is 0 Å². The highest BCUT2D eigenvalue weighted by molar-refractivity contribution is 6.17. The third kappa shape index (κ3) is 7.40. The summed E-state index contributed by atoms with van der Waals surface area (Å²) in [5.74, 6) is 0.603. The van der Waals surface area contributed by atoms with Crippen LogP contribution in [0.25, 0.3) is 0 Å². The molecule has 1 N–H and O–H groups in total. The fourth-order valence-corrected chi connectivity index (χ4v) is 0.869. The molecule has 0 fully saturated rings. The highest BCUT2D eigenvalue weighted by Gasteiger charge is 1.91. The minimum absolute atomic E-state index is 0.101. The van der Waals surface area contributed by atoms with Crippen molar-refractivity contribution in [1.82, 2.24) is 5.32 Å². The first-order chi connectivity index (χ1) is 5.31. The van der Waals surface area contributed by atoms with Crippen LogP contribution in [0.4, 0.5) is 0 Å². The van der Waals surface area contributed by atoms with Gasteiger partial charge in [0.1, 0.15) is 0 Å². The second-order valence-electron chi connectivity index (χ2n) is 2.24. The van der Waals surface area contributed by atoms with Gasteiger partial charge in [0.2, 0.25) is 5.91 Å². The molecule has 0 aliphatic carbocycles. The molecule has 0 bridgehead atoms. The van der Waals surface area contributed by atoms with Crippen LogP contribution in [0, 0.1) is 0 Å². The van der Waals surface area contributed by atoms with Crippen LogP contribution in [0.5, 0.6) is 0 Å². The quantitative estimate of drug-likeness (QED) is 0.372. The number of carbonyl (C=O) groups is 1. The zero-order valence-corrected chi connectivity index (χ0v) is 7.36. The maximum atomic E-state index is 10.6. The molecule has 0 aromatic carbocycles. The van der Waals surface area contributed by atoms with Crippen molar-refractivity contribution in [3.63, 3.8) is 0 Å². The van der Waals surface area contributed by atoms with Crippen molar-refractivity contribution < 1.29 is 4.79 Å². The molecule has 0 atom stereocenters. The third-order valence-corrected chi connectivity index (χ3v) is 1.56. The van der Waals surface area contributed by atoms with Gasteiger partial charge in [0, 0.05) is 12.4 Å². The van der Waals surface area contributed by atoms with Gasteiger partial charge in [-0.25, -0.2) is 0 Å². The molecule has 0 aliphatic rings. The van der Waals surface area contributed by atoms with E-state index in [-0.39, 0.29) is 5.91 Å². The van der Waals surface area contributed by atoms with E-state index in [0.717, 1.165) is 25.8 Å². The minimum atomic E-state index is -0.101. The summed E-state index contributed by atoms with van der Waals surface area (Å²) in [4.78, 5) is 10.6. The zero-order valence-electron chi connectivity index (χ0n) is 6.61. The van der Waals surface area contributed by atoms with E-state index in [2.05, 4.69) is 11.9 Å². The average molecular weight is 176 g/mol. The molecule has 0 radical (unpaired) electrons. The van der Waals surface area contributed by atoms with Gasteiger partial charge < -0.3 is 5.32 Å². The number of hydrogen-bond acceptors (Lipinski definition) is 1. The molecule has 0 heterocycles. The van der Waals surface area contributed by atoms with E-state index in [9.17, 15) is 4.79 Å². The van der Waals surface area contributed by atoms with Crippen LogP contribution in [0.1, 0.15) is 19.3 Å². The summed E-state index contributed by atoms with van der Waals surface area (Å²) in [6, 6.07) is 0. The Bertz CT molecular complexity index is 125. The zero-order chi connectivity index (χ0) is 8.53. The highest BCUT2D eigenvalue weighted by atomic mass is 35.5. The Morgan fingerprint density at radius 2 is 2.18 bits per heavy atom. The highest BCUT2D eigenvalue weighted by Crippen LogP contribution is 1.95. The summed E-state index contributed by atoms with van der Waals surface area (Å²) in [7, 11) is 0. The normalized spacial score (nSPS) is 9.18. The molecule has 0 aliphatic heterocycles. The summed E-state index contributed by atoms with van der Waals surface area (Å²) < 4.78 is 0. The maximum absolute atomic E-state index is 10.6. The lowest BCUT2D eigenvalue weighted by molar-refractivity contribution is -0.116. The van der Waals surface area contributed by atoms with E-state index in [0.29, 0.717) is 5.88 Å². The Hall–Kier alpha value is -0.500. The smallest absolute Gasteiger partial charge is 0.243 e. The number of hydrogen-bond donors (Lipinski definition) is 1. The van der Waals surface area contributed by atoms with Gasteiger partial charge in [-0.15, -0.1) is 11.6 Å². The number of halogens is 1. The van der Waals surface area contributed by atoms with E-state index in [1.807, 2.05) is 0 Å². The van der Waals surface area contributed by atoms with Crippen molar-refractivity contribution in [3.8, 4) is 0 Å². The molecule has 1 amide bonds. The van der Waals surface area contributed by atoms with Gasteiger partial charge in [-0.3, -0.25) is 4.79 Å². The number of nitrogens with one attached hydrogen (secondary N) is 1. The molecule has 0 saturated carbocycles. The molecule has 0 rings (SSSR count). The van der Waals surface area contributed by atoms with Gasteiger partial charge in [0.25, 0.3) is 0 Å². The van der Waals surface area contributed by atoms with Crippen LogP contribution in [0.3, 0.4) is 0 Å². The summed E-state index contributed by atoms with van der Waals surface area (Å²) in [6.45, 7) is 4.07. The van der Waals surface area contributed by atoms with Gasteiger partial charge in [-0.1, -0.05) is 13.0 Å². The van der Waals surface area contributed by atoms with E-state index in [4.69, 9.17) is 11.6 Å². The lowest BCUT2D eigenvalue weighted by Gasteiger charge is -1.99. The van der Waals surface area contributed by atoms with Crippen LogP contribution in [-0.2, 0) is 4.79 Å². The van der Waals surface area contributed by atoms with Crippen LogP contribution < -0.4 is 5.32 Å². The predicted molar refractivity (Wildman–Crippen MR) is 47.8 cm³/mol. The molecular weight excluding hydrogens is 162 g/mol. The predicted octanol–water partition coefficient (Wildman–Crippen LogP) is 1.70. The Morgan fingerprint density at radius 3 is 2.73 bits per heavy atom. The molecule has 0 spiro atoms. The summed E-state index contributed by atoms with van der Waals surface area (Å²) in [6.07, 6.45) is 4.36. The number of amides is 1. The molecule has 11 heavy (non-hydrogen) atoms. The fourth-order valence-electron chi connectivity index (χ4n) is 0.680. The molecule has 0 aromatic rings. The second kappa shape index (κ2) is 7.61. The van der Waals surface area contributed by atoms with Crippen molar-refractivity contribution in [2.24, 2.45) is 0 Å². The molecule has 64 valence electrons. The lowest BCUT2D eigenvalue weighted by atomic mass is 10.2. The monoisotopic (exact) mass is 175 g/mol. The largest absolute Gasteiger partial charge is 0.353 e. The topological polar surface area (TPSA) is 29.1 Å². The van der Waals surface area contributed by atoms with Crippen molar-refractivity contribution in [2.75, 3.05) is 12.4 Å². The Morgan fingerprint density at radius 1 is 1.45 bits per heavy atom. The Labute approximate surface area is 72.6 Å². The molecule has 0 unspecified atom stereocenters. The maximum Gasteiger partial charge on any atom is 0.243 e. The third-order valence-electron chi connectivity index (χ3n) is 1.30. The van der Waals surface area contributed by atoms with Crippen molar-refractivity contribution in [3.05, 3.63) is 12.7 Å². The first kappa shape index (κ1) is 10.5. The average Bonchev–Trinajstić information content (AvgIpc) is 2.04. The standard InChI is InChI=1S/C8H14ClNO/c1-2-8(11)10-7-5-3-4-6-9/h2H,1,3-7H2,(H,10,11). The van der Waals surface area contributed by atoms with E-state index < -0.39 is 0 Å². The van der Waals surface area contributed by atoms with Gasteiger partial charge in [0.05, 0.1) is 0 Å². The molecular formula is C8H14ClNO. The van der Waals surface area contributed by atoms with Crippen LogP contribution in [0.15, 0.2) is 12.7 Å².